The molecule has 0 radical (unpaired) electrons. The first-order valence-electron chi connectivity index (χ1n) is 5.75. The molecule has 94 valence electrons. The number of hydrogen-bond acceptors (Lipinski definition) is 1. The smallest absolute Gasteiger partial charge is 0.192 e. The molecule has 0 saturated heterocycles. The molecule has 0 aliphatic rings. The van der Waals surface area contributed by atoms with Crippen LogP contribution in [0, 0.1) is 0 Å². The molecule has 0 aromatic heterocycles. The monoisotopic (exact) mass is 304 g/mol. The second kappa shape index (κ2) is 6.77. The Labute approximate surface area is 110 Å². The van der Waals surface area contributed by atoms with Crippen LogP contribution >= 0.6 is 15.9 Å². The van der Waals surface area contributed by atoms with Gasteiger partial charge in [-0.2, -0.15) is 0 Å². The van der Waals surface area contributed by atoms with Crippen LogP contribution in [0.4, 0.5) is 0 Å². The zero-order valence-corrected chi connectivity index (χ0v) is 13.9. The summed E-state index contributed by atoms with van der Waals surface area (Å²) < 4.78 is 6.06. The Kier molecular flexibility index (Phi) is 6.83. The van der Waals surface area contributed by atoms with Crippen LogP contribution in [0.25, 0.3) is 0 Å². The van der Waals surface area contributed by atoms with Crippen LogP contribution in [0.3, 0.4) is 0 Å². The number of rotatable bonds is 6. The summed E-state index contributed by atoms with van der Waals surface area (Å²) in [4.78, 5) is 0. The Hall–Kier alpha value is 0.137. The molecule has 0 heterocycles. The summed E-state index contributed by atoms with van der Waals surface area (Å²) in [5.74, 6) is 0. The Morgan fingerprint density at radius 1 is 1.38 bits per heavy atom. The highest BCUT2D eigenvalue weighted by atomic mass is 79.9. The quantitative estimate of drug-likeness (QED) is 0.385. The third-order valence-electron chi connectivity index (χ3n) is 3.05. The molecule has 3 heteroatoms. The van der Waals surface area contributed by atoms with Gasteiger partial charge >= 0.3 is 0 Å². The van der Waals surface area contributed by atoms with Crippen molar-refractivity contribution < 1.29 is 4.43 Å². The van der Waals surface area contributed by atoms with E-state index in [0.29, 0.717) is 6.61 Å². The van der Waals surface area contributed by atoms with Gasteiger partial charge in [0.2, 0.25) is 0 Å². The molecule has 0 spiro atoms. The molecule has 0 amide bonds. The fourth-order valence-corrected chi connectivity index (χ4v) is 2.09. The van der Waals surface area contributed by atoms with Gasteiger partial charge in [0.25, 0.3) is 0 Å². The lowest BCUT2D eigenvalue weighted by molar-refractivity contribution is 0.322. The molecule has 0 aromatic rings. The van der Waals surface area contributed by atoms with E-state index >= 15 is 0 Å². The average Bonchev–Trinajstić information content (AvgIpc) is 2.13. The average molecular weight is 305 g/mol. The van der Waals surface area contributed by atoms with E-state index in [0.717, 1.165) is 17.3 Å². The molecule has 0 aromatic carbocycles. The summed E-state index contributed by atoms with van der Waals surface area (Å²) >= 11 is 3.39. The fraction of sp³-hybridized carbons (Fsp3) is 0.692. The third-order valence-corrected chi connectivity index (χ3v) is 7.99. The van der Waals surface area contributed by atoms with E-state index in [1.807, 2.05) is 0 Å². The van der Waals surface area contributed by atoms with Gasteiger partial charge in [0.1, 0.15) is 0 Å². The van der Waals surface area contributed by atoms with Gasteiger partial charge in [0.05, 0.1) is 6.61 Å². The second-order valence-corrected chi connectivity index (χ2v) is 11.2. The van der Waals surface area contributed by atoms with Crippen molar-refractivity contribution in [2.24, 2.45) is 0 Å². The highest BCUT2D eigenvalue weighted by Gasteiger charge is 2.36. The van der Waals surface area contributed by atoms with Gasteiger partial charge in [0, 0.05) is 5.33 Å². The zero-order chi connectivity index (χ0) is 12.8. The Morgan fingerprint density at radius 2 is 1.94 bits per heavy atom. The molecule has 0 atom stereocenters. The van der Waals surface area contributed by atoms with Gasteiger partial charge < -0.3 is 4.43 Å². The topological polar surface area (TPSA) is 9.23 Å². The Bertz CT molecular complexity index is 251. The van der Waals surface area contributed by atoms with Gasteiger partial charge in [-0.1, -0.05) is 55.4 Å². The molecule has 0 rings (SSSR count). The van der Waals surface area contributed by atoms with Crippen molar-refractivity contribution in [2.75, 3.05) is 11.9 Å². The van der Waals surface area contributed by atoms with Crippen LogP contribution in [0.15, 0.2) is 24.3 Å². The largest absolute Gasteiger partial charge is 0.413 e. The minimum atomic E-state index is -1.62. The van der Waals surface area contributed by atoms with Crippen LogP contribution in [0.5, 0.6) is 0 Å². The summed E-state index contributed by atoms with van der Waals surface area (Å²) in [7, 11) is -1.62. The summed E-state index contributed by atoms with van der Waals surface area (Å²) in [6, 6.07) is 0. The molecule has 0 unspecified atom stereocenters. The first kappa shape index (κ1) is 16.1. The molecule has 0 fully saturated rings. The second-order valence-electron chi connectivity index (χ2n) is 5.59. The van der Waals surface area contributed by atoms with Crippen LogP contribution in [0.2, 0.25) is 18.1 Å². The van der Waals surface area contributed by atoms with E-state index in [9.17, 15) is 0 Å². The first-order chi connectivity index (χ1) is 7.20. The lowest BCUT2D eigenvalue weighted by Crippen LogP contribution is -2.41. The van der Waals surface area contributed by atoms with Crippen molar-refractivity contribution in [3.63, 3.8) is 0 Å². The minimum absolute atomic E-state index is 0.271. The van der Waals surface area contributed by atoms with Gasteiger partial charge in [-0.05, 0) is 30.1 Å². The van der Waals surface area contributed by atoms with Gasteiger partial charge in [-0.15, -0.1) is 0 Å². The van der Waals surface area contributed by atoms with E-state index in [-0.39, 0.29) is 5.04 Å². The molecule has 0 aliphatic heterocycles. The summed E-state index contributed by atoms with van der Waals surface area (Å²) in [6.45, 7) is 16.0. The maximum absolute atomic E-state index is 6.06. The summed E-state index contributed by atoms with van der Waals surface area (Å²) in [5, 5.41) is 1.27. The summed E-state index contributed by atoms with van der Waals surface area (Å²) in [5.41, 5.74) is 1.06. The fourth-order valence-electron chi connectivity index (χ4n) is 0.851. The predicted molar refractivity (Wildman–Crippen MR) is 79.8 cm³/mol. The van der Waals surface area contributed by atoms with Crippen molar-refractivity contribution in [1.82, 2.24) is 0 Å². The van der Waals surface area contributed by atoms with Gasteiger partial charge in [-0.25, -0.2) is 0 Å². The molecular weight excluding hydrogens is 280 g/mol. The minimum Gasteiger partial charge on any atom is -0.413 e. The van der Waals surface area contributed by atoms with Gasteiger partial charge in [-0.3, -0.25) is 0 Å². The highest BCUT2D eigenvalue weighted by molar-refractivity contribution is 9.09. The third kappa shape index (κ3) is 6.02. The van der Waals surface area contributed by atoms with Crippen molar-refractivity contribution in [3.8, 4) is 0 Å². The van der Waals surface area contributed by atoms with Crippen LogP contribution in [-0.2, 0) is 4.43 Å². The van der Waals surface area contributed by atoms with Crippen LogP contribution < -0.4 is 0 Å². The lowest BCUT2D eigenvalue weighted by atomic mass is 10.2. The molecule has 0 bridgehead atoms. The van der Waals surface area contributed by atoms with Crippen LogP contribution in [-0.4, -0.2) is 20.3 Å². The van der Waals surface area contributed by atoms with Crippen molar-refractivity contribution in [2.45, 2.75) is 45.3 Å². The van der Waals surface area contributed by atoms with E-state index in [2.05, 4.69) is 68.5 Å². The van der Waals surface area contributed by atoms with E-state index in [4.69, 9.17) is 4.43 Å². The lowest BCUT2D eigenvalue weighted by Gasteiger charge is -2.36. The van der Waals surface area contributed by atoms with Gasteiger partial charge in [0.15, 0.2) is 8.32 Å². The molecule has 0 N–H and O–H groups in total. The molecule has 1 nitrogen and oxygen atoms in total. The van der Waals surface area contributed by atoms with Crippen molar-refractivity contribution in [3.05, 3.63) is 24.3 Å². The maximum atomic E-state index is 6.06. The number of halogens is 1. The number of allylic oxidation sites excluding steroid dienone is 1. The Morgan fingerprint density at radius 3 is 2.38 bits per heavy atom. The van der Waals surface area contributed by atoms with Crippen molar-refractivity contribution in [1.29, 1.82) is 0 Å². The normalized spacial score (nSPS) is 13.4. The number of hydrogen-bond donors (Lipinski definition) is 0. The molecule has 0 saturated carbocycles. The van der Waals surface area contributed by atoms with Crippen LogP contribution in [0.1, 0.15) is 27.2 Å². The Balaban J connectivity index is 4.10. The SMILES string of the molecule is C=C(/C=C/CCBr)CO[Si](C)(C)C(C)(C)C. The van der Waals surface area contributed by atoms with E-state index < -0.39 is 8.32 Å². The molecular formula is C13H25BrOSi. The maximum Gasteiger partial charge on any atom is 0.192 e. The van der Waals surface area contributed by atoms with E-state index in [1.54, 1.807) is 0 Å². The molecule has 16 heavy (non-hydrogen) atoms. The standard InChI is InChI=1S/C13H25BrOSi/c1-12(9-7-8-10-14)11-15-16(5,6)13(2,3)4/h7,9H,1,8,10-11H2,2-6H3/b9-7+. The summed E-state index contributed by atoms with van der Waals surface area (Å²) in [6.07, 6.45) is 5.24. The zero-order valence-electron chi connectivity index (χ0n) is 11.3. The number of alkyl halides is 1. The molecule has 0 aliphatic carbocycles. The van der Waals surface area contributed by atoms with E-state index in [1.165, 1.54) is 0 Å². The highest BCUT2D eigenvalue weighted by Crippen LogP contribution is 2.36. The van der Waals surface area contributed by atoms with Crippen molar-refractivity contribution >= 4 is 24.2 Å². The predicted octanol–water partition coefficient (Wildman–Crippen LogP) is 4.91. The first-order valence-corrected chi connectivity index (χ1v) is 9.78.